The number of carboxylic acid groups (broad SMARTS) is 1. The smallest absolute Gasteiger partial charge is 0.325 e. The molecule has 1 aliphatic heterocycles. The summed E-state index contributed by atoms with van der Waals surface area (Å²) in [4.78, 5) is 11.1. The highest BCUT2D eigenvalue weighted by Crippen LogP contribution is 2.33. The molecule has 0 aromatic heterocycles. The summed E-state index contributed by atoms with van der Waals surface area (Å²) in [6.07, 6.45) is 0.761. The quantitative estimate of drug-likeness (QED) is 0.778. The molecular weight excluding hydrogens is 261 g/mol. The average molecular weight is 285 g/mol. The Morgan fingerprint density at radius 2 is 1.89 bits per heavy atom. The summed E-state index contributed by atoms with van der Waals surface area (Å²) in [6.45, 7) is 8.66. The van der Waals surface area contributed by atoms with Gasteiger partial charge in [-0.1, -0.05) is 43.2 Å². The molecule has 5 heteroatoms. The van der Waals surface area contributed by atoms with E-state index in [4.69, 9.17) is 5.11 Å². The maximum atomic E-state index is 11.1. The predicted molar refractivity (Wildman–Crippen MR) is 81.3 cm³/mol. The molecule has 1 heterocycles. The van der Waals surface area contributed by atoms with Gasteiger partial charge in [-0.05, 0) is 29.7 Å². The van der Waals surface area contributed by atoms with Crippen LogP contribution in [-0.2, 0) is 11.2 Å². The van der Waals surface area contributed by atoms with Gasteiger partial charge in [-0.15, -0.1) is 0 Å². The van der Waals surface area contributed by atoms with Crippen molar-refractivity contribution in [2.24, 2.45) is 0 Å². The van der Waals surface area contributed by atoms with Crippen molar-refractivity contribution >= 4 is 15.4 Å². The van der Waals surface area contributed by atoms with E-state index in [2.05, 4.69) is 9.39 Å². The molecule has 4 nitrogen and oxygen atoms in total. The van der Waals surface area contributed by atoms with E-state index in [0.29, 0.717) is 6.54 Å². The number of hydrogen-bond acceptors (Lipinski definition) is 3. The fourth-order valence-corrected chi connectivity index (χ4v) is 2.32. The van der Waals surface area contributed by atoms with Gasteiger partial charge in [0.05, 0.1) is 0 Å². The van der Waals surface area contributed by atoms with Crippen molar-refractivity contribution in [1.29, 1.82) is 0 Å². The van der Waals surface area contributed by atoms with Gasteiger partial charge in [-0.2, -0.15) is 0 Å². The first-order valence-corrected chi connectivity index (χ1v) is 7.17. The van der Waals surface area contributed by atoms with Gasteiger partial charge in [0.15, 0.2) is 0 Å². The van der Waals surface area contributed by atoms with Gasteiger partial charge in [-0.25, -0.2) is 0 Å². The van der Waals surface area contributed by atoms with Gasteiger partial charge in [0.1, 0.15) is 11.8 Å². The van der Waals surface area contributed by atoms with Crippen LogP contribution in [0.25, 0.3) is 0 Å². The van der Waals surface area contributed by atoms with Crippen LogP contribution in [0.5, 0.6) is 5.75 Å². The Labute approximate surface area is 117 Å². The van der Waals surface area contributed by atoms with Crippen molar-refractivity contribution in [2.75, 3.05) is 6.54 Å². The lowest BCUT2D eigenvalue weighted by atomic mass is 9.94. The van der Waals surface area contributed by atoms with E-state index in [-0.39, 0.29) is 5.75 Å². The Bertz CT molecular complexity index is 410. The molecular formula is C14H24NO3P. The summed E-state index contributed by atoms with van der Waals surface area (Å²) >= 11 is 0. The highest BCUT2D eigenvalue weighted by atomic mass is 31.0. The molecule has 2 rings (SSSR count). The highest BCUT2D eigenvalue weighted by molar-refractivity contribution is 7.13. The second-order valence-corrected chi connectivity index (χ2v) is 4.28. The minimum absolute atomic E-state index is 0.190. The normalized spacial score (nSPS) is 17.2. The van der Waals surface area contributed by atoms with Crippen LogP contribution in [0.3, 0.4) is 0 Å². The number of nitrogens with zero attached hydrogens (tertiary/aromatic N) is 1. The minimum atomic E-state index is -0.864. The Kier molecular flexibility index (Phi) is 8.37. The summed E-state index contributed by atoms with van der Waals surface area (Å²) < 4.78 is 1.72. The Morgan fingerprint density at radius 1 is 1.32 bits per heavy atom. The average Bonchev–Trinajstić information content (AvgIpc) is 2.43. The van der Waals surface area contributed by atoms with Crippen LogP contribution in [-0.4, -0.2) is 27.4 Å². The van der Waals surface area contributed by atoms with E-state index >= 15 is 0 Å². The maximum Gasteiger partial charge on any atom is 0.325 e. The van der Waals surface area contributed by atoms with E-state index in [1.54, 1.807) is 16.8 Å². The minimum Gasteiger partial charge on any atom is -0.508 e. The summed E-state index contributed by atoms with van der Waals surface area (Å²) in [5, 5.41) is 18.4. The van der Waals surface area contributed by atoms with E-state index in [1.807, 2.05) is 27.7 Å². The van der Waals surface area contributed by atoms with Crippen molar-refractivity contribution in [3.8, 4) is 5.75 Å². The molecule has 0 fully saturated rings. The van der Waals surface area contributed by atoms with Crippen LogP contribution < -0.4 is 0 Å². The van der Waals surface area contributed by atoms with Crippen LogP contribution in [0, 0.1) is 0 Å². The Morgan fingerprint density at radius 3 is 2.42 bits per heavy atom. The third kappa shape index (κ3) is 4.48. The molecule has 1 aromatic carbocycles. The van der Waals surface area contributed by atoms with Gasteiger partial charge in [0.25, 0.3) is 0 Å². The van der Waals surface area contributed by atoms with Crippen LogP contribution in [0.1, 0.15) is 44.9 Å². The van der Waals surface area contributed by atoms with Gasteiger partial charge >= 0.3 is 5.97 Å². The van der Waals surface area contributed by atoms with Crippen LogP contribution in [0.15, 0.2) is 18.2 Å². The van der Waals surface area contributed by atoms with Crippen LogP contribution >= 0.6 is 9.39 Å². The lowest BCUT2D eigenvalue weighted by molar-refractivity contribution is -0.141. The lowest BCUT2D eigenvalue weighted by Crippen LogP contribution is -2.32. The number of benzene rings is 1. The number of phenols is 1. The number of rotatable bonds is 1. The zero-order chi connectivity index (χ0) is 15.0. The van der Waals surface area contributed by atoms with Crippen molar-refractivity contribution in [3.63, 3.8) is 0 Å². The molecule has 0 saturated carbocycles. The van der Waals surface area contributed by atoms with Crippen molar-refractivity contribution in [1.82, 2.24) is 4.67 Å². The number of aliphatic carboxylic acids is 1. The molecule has 1 aliphatic rings. The fourth-order valence-electron chi connectivity index (χ4n) is 1.91. The predicted octanol–water partition coefficient (Wildman–Crippen LogP) is 3.22. The van der Waals surface area contributed by atoms with Gasteiger partial charge in [0.2, 0.25) is 0 Å². The van der Waals surface area contributed by atoms with E-state index in [9.17, 15) is 9.90 Å². The summed E-state index contributed by atoms with van der Waals surface area (Å²) in [7, 11) is 2.44. The fraction of sp³-hybridized carbons (Fsp3) is 0.500. The zero-order valence-corrected chi connectivity index (χ0v) is 13.2. The standard InChI is InChI=1S/C10H12NO3P.2C2H6/c12-7-1-2-8-6(5-7)3-4-11(15)9(8)10(13)14;2*1-2/h1-2,5,9,12H,3-4,15H2,(H,13,14);2*1-2H3. The first-order chi connectivity index (χ1) is 9.09. The number of fused-ring (bicyclic) bond motifs is 1. The monoisotopic (exact) mass is 285 g/mol. The number of phenolic OH excluding ortho intramolecular Hbond substituents is 1. The summed E-state index contributed by atoms with van der Waals surface area (Å²) in [5.74, 6) is -0.674. The first kappa shape index (κ1) is 17.9. The van der Waals surface area contributed by atoms with Crippen molar-refractivity contribution in [2.45, 2.75) is 40.2 Å². The number of carbonyl (C=O) groups is 1. The largest absolute Gasteiger partial charge is 0.508 e. The van der Waals surface area contributed by atoms with E-state index in [1.165, 1.54) is 6.07 Å². The zero-order valence-electron chi connectivity index (χ0n) is 12.1. The van der Waals surface area contributed by atoms with Crippen molar-refractivity contribution in [3.05, 3.63) is 29.3 Å². The molecule has 2 unspecified atom stereocenters. The molecule has 0 spiro atoms. The molecule has 0 aliphatic carbocycles. The second kappa shape index (κ2) is 8.89. The molecule has 2 atom stereocenters. The first-order valence-electron chi connectivity index (χ1n) is 6.65. The van der Waals surface area contributed by atoms with Crippen LogP contribution in [0.4, 0.5) is 0 Å². The van der Waals surface area contributed by atoms with Gasteiger partial charge in [-0.3, -0.25) is 9.46 Å². The summed E-state index contributed by atoms with van der Waals surface area (Å²) in [5.41, 5.74) is 1.68. The summed E-state index contributed by atoms with van der Waals surface area (Å²) in [6, 6.07) is 4.22. The molecule has 2 N–H and O–H groups in total. The third-order valence-corrected chi connectivity index (χ3v) is 3.18. The molecule has 0 bridgehead atoms. The molecule has 108 valence electrons. The molecule has 0 saturated heterocycles. The van der Waals surface area contributed by atoms with E-state index in [0.717, 1.165) is 17.5 Å². The number of carboxylic acids is 1. The Balaban J connectivity index is 0.000000741. The molecule has 0 radical (unpaired) electrons. The number of aromatic hydroxyl groups is 1. The molecule has 1 aromatic rings. The molecule has 0 amide bonds. The van der Waals surface area contributed by atoms with Crippen molar-refractivity contribution < 1.29 is 15.0 Å². The molecule has 19 heavy (non-hydrogen) atoms. The van der Waals surface area contributed by atoms with Crippen LogP contribution in [0.2, 0.25) is 0 Å². The van der Waals surface area contributed by atoms with E-state index < -0.39 is 12.0 Å². The highest BCUT2D eigenvalue weighted by Gasteiger charge is 2.30. The topological polar surface area (TPSA) is 60.8 Å². The second-order valence-electron chi connectivity index (χ2n) is 3.61. The Hall–Kier alpha value is -1.12. The van der Waals surface area contributed by atoms with Gasteiger partial charge in [0, 0.05) is 6.54 Å². The lowest BCUT2D eigenvalue weighted by Gasteiger charge is -2.31. The third-order valence-electron chi connectivity index (χ3n) is 2.63. The number of hydrogen-bond donors (Lipinski definition) is 2. The maximum absolute atomic E-state index is 11.1. The van der Waals surface area contributed by atoms with Gasteiger partial charge < -0.3 is 10.2 Å². The SMILES string of the molecule is CC.CC.O=C(O)C1c2ccc(O)cc2CCN1P.